The number of amides is 2. The van der Waals surface area contributed by atoms with E-state index in [1.807, 2.05) is 4.90 Å². The zero-order valence-electron chi connectivity index (χ0n) is 15.7. The fourth-order valence-electron chi connectivity index (χ4n) is 4.13. The maximum atomic E-state index is 13.0. The van der Waals surface area contributed by atoms with Crippen LogP contribution in [0.4, 0.5) is 5.69 Å². The molecule has 26 heavy (non-hydrogen) atoms. The maximum absolute atomic E-state index is 13.0. The summed E-state index contributed by atoms with van der Waals surface area (Å²) in [6.07, 6.45) is 7.01. The van der Waals surface area contributed by atoms with E-state index in [1.54, 1.807) is 31.3 Å². The van der Waals surface area contributed by atoms with Gasteiger partial charge in [0.25, 0.3) is 5.91 Å². The molecule has 5 nitrogen and oxygen atoms in total. The van der Waals surface area contributed by atoms with Crippen molar-refractivity contribution >= 4 is 17.5 Å². The number of hydrogen-bond acceptors (Lipinski definition) is 3. The SMILES string of the molecule is C=CC(=O)N(C)c1ccc(C(=O)N2CC(C)OC3(CCCCC3)C2)cc1. The van der Waals surface area contributed by atoms with Crippen molar-refractivity contribution in [3.8, 4) is 0 Å². The van der Waals surface area contributed by atoms with Gasteiger partial charge < -0.3 is 14.5 Å². The zero-order chi connectivity index (χ0) is 18.7. The summed E-state index contributed by atoms with van der Waals surface area (Å²) in [7, 11) is 1.69. The van der Waals surface area contributed by atoms with E-state index >= 15 is 0 Å². The molecule has 0 radical (unpaired) electrons. The summed E-state index contributed by atoms with van der Waals surface area (Å²) in [5.41, 5.74) is 1.22. The predicted molar refractivity (Wildman–Crippen MR) is 102 cm³/mol. The molecule has 1 aromatic carbocycles. The summed E-state index contributed by atoms with van der Waals surface area (Å²) >= 11 is 0. The molecule has 2 amide bonds. The Morgan fingerprint density at radius 3 is 2.50 bits per heavy atom. The van der Waals surface area contributed by atoms with Gasteiger partial charge in [0.1, 0.15) is 0 Å². The highest BCUT2D eigenvalue weighted by molar-refractivity contribution is 6.01. The first kappa shape index (κ1) is 18.6. The first-order valence-electron chi connectivity index (χ1n) is 9.41. The highest BCUT2D eigenvalue weighted by Gasteiger charge is 2.41. The van der Waals surface area contributed by atoms with Crippen molar-refractivity contribution in [1.82, 2.24) is 4.90 Å². The number of rotatable bonds is 3. The Labute approximate surface area is 155 Å². The van der Waals surface area contributed by atoms with Gasteiger partial charge in [0.05, 0.1) is 18.2 Å². The fraction of sp³-hybridized carbons (Fsp3) is 0.524. The zero-order valence-corrected chi connectivity index (χ0v) is 15.7. The van der Waals surface area contributed by atoms with Gasteiger partial charge in [-0.1, -0.05) is 25.8 Å². The van der Waals surface area contributed by atoms with Crippen LogP contribution >= 0.6 is 0 Å². The van der Waals surface area contributed by atoms with Crippen LogP contribution in [0.25, 0.3) is 0 Å². The molecule has 2 fully saturated rings. The largest absolute Gasteiger partial charge is 0.368 e. The lowest BCUT2D eigenvalue weighted by atomic mass is 9.83. The van der Waals surface area contributed by atoms with E-state index in [-0.39, 0.29) is 23.5 Å². The first-order chi connectivity index (χ1) is 12.4. The quantitative estimate of drug-likeness (QED) is 0.780. The second-order valence-electron chi connectivity index (χ2n) is 7.51. The Bertz CT molecular complexity index is 677. The molecule has 1 saturated heterocycles. The molecule has 140 valence electrons. The highest BCUT2D eigenvalue weighted by atomic mass is 16.5. The molecule has 3 rings (SSSR count). The number of morpholine rings is 1. The summed E-state index contributed by atoms with van der Waals surface area (Å²) in [6, 6.07) is 7.18. The molecule has 1 aromatic rings. The van der Waals surface area contributed by atoms with E-state index in [2.05, 4.69) is 13.5 Å². The Balaban J connectivity index is 1.73. The van der Waals surface area contributed by atoms with Gasteiger partial charge >= 0.3 is 0 Å². The van der Waals surface area contributed by atoms with E-state index in [4.69, 9.17) is 4.74 Å². The second kappa shape index (κ2) is 7.62. The standard InChI is InChI=1S/C21H28N2O3/c1-4-19(24)22(3)18-10-8-17(9-11-18)20(25)23-14-16(2)26-21(15-23)12-6-5-7-13-21/h4,8-11,16H,1,5-7,12-15H2,2-3H3. The van der Waals surface area contributed by atoms with Crippen molar-refractivity contribution in [3.05, 3.63) is 42.5 Å². The van der Waals surface area contributed by atoms with E-state index in [0.717, 1.165) is 18.5 Å². The van der Waals surface area contributed by atoms with Crippen LogP contribution in [0.2, 0.25) is 0 Å². The summed E-state index contributed by atoms with van der Waals surface area (Å²) in [5.74, 6) is -0.139. The fourth-order valence-corrected chi connectivity index (χ4v) is 4.13. The Kier molecular flexibility index (Phi) is 5.47. The van der Waals surface area contributed by atoms with Gasteiger partial charge in [-0.05, 0) is 50.1 Å². The molecular formula is C21H28N2O3. The number of nitrogens with zero attached hydrogens (tertiary/aromatic N) is 2. The van der Waals surface area contributed by atoms with Crippen LogP contribution in [-0.2, 0) is 9.53 Å². The molecule has 1 saturated carbocycles. The Hall–Kier alpha value is -2.14. The van der Waals surface area contributed by atoms with Crippen molar-refractivity contribution in [3.63, 3.8) is 0 Å². The van der Waals surface area contributed by atoms with E-state index < -0.39 is 0 Å². The summed E-state index contributed by atoms with van der Waals surface area (Å²) in [4.78, 5) is 28.2. The number of hydrogen-bond donors (Lipinski definition) is 0. The van der Waals surface area contributed by atoms with Crippen LogP contribution in [0.15, 0.2) is 36.9 Å². The summed E-state index contributed by atoms with van der Waals surface area (Å²) < 4.78 is 6.27. The Morgan fingerprint density at radius 2 is 1.88 bits per heavy atom. The number of ether oxygens (including phenoxy) is 1. The smallest absolute Gasteiger partial charge is 0.254 e. The van der Waals surface area contributed by atoms with Gasteiger partial charge in [-0.15, -0.1) is 0 Å². The average Bonchev–Trinajstić information content (AvgIpc) is 2.66. The predicted octanol–water partition coefficient (Wildman–Crippen LogP) is 3.40. The monoisotopic (exact) mass is 356 g/mol. The molecule has 0 aromatic heterocycles. The highest BCUT2D eigenvalue weighted by Crippen LogP contribution is 2.36. The lowest BCUT2D eigenvalue weighted by Crippen LogP contribution is -2.57. The van der Waals surface area contributed by atoms with Gasteiger partial charge in [0, 0.05) is 24.8 Å². The van der Waals surface area contributed by atoms with Gasteiger partial charge in [0.2, 0.25) is 5.91 Å². The molecule has 5 heteroatoms. The van der Waals surface area contributed by atoms with Gasteiger partial charge in [0.15, 0.2) is 0 Å². The van der Waals surface area contributed by atoms with Crippen LogP contribution in [0, 0.1) is 0 Å². The third kappa shape index (κ3) is 3.83. The maximum Gasteiger partial charge on any atom is 0.254 e. The number of carbonyl (C=O) groups excluding carboxylic acids is 2. The molecule has 2 aliphatic rings. The molecule has 1 aliphatic heterocycles. The van der Waals surface area contributed by atoms with Gasteiger partial charge in [-0.3, -0.25) is 9.59 Å². The summed E-state index contributed by atoms with van der Waals surface area (Å²) in [6.45, 7) is 6.84. The minimum Gasteiger partial charge on any atom is -0.368 e. The van der Waals surface area contributed by atoms with Crippen LogP contribution in [0.5, 0.6) is 0 Å². The lowest BCUT2D eigenvalue weighted by Gasteiger charge is -2.47. The van der Waals surface area contributed by atoms with Crippen molar-refractivity contribution < 1.29 is 14.3 Å². The van der Waals surface area contributed by atoms with Crippen LogP contribution in [0.3, 0.4) is 0 Å². The number of anilines is 1. The van der Waals surface area contributed by atoms with E-state index in [1.165, 1.54) is 30.2 Å². The molecular weight excluding hydrogens is 328 g/mol. The minimum absolute atomic E-state index is 0.0364. The number of likely N-dealkylation sites (N-methyl/N-ethyl adjacent to an activating group) is 1. The van der Waals surface area contributed by atoms with Crippen molar-refractivity contribution in [2.45, 2.75) is 50.7 Å². The topological polar surface area (TPSA) is 49.9 Å². The van der Waals surface area contributed by atoms with Crippen molar-refractivity contribution in [2.75, 3.05) is 25.0 Å². The first-order valence-corrected chi connectivity index (χ1v) is 9.41. The molecule has 1 unspecified atom stereocenters. The number of benzene rings is 1. The molecule has 0 bridgehead atoms. The normalized spacial score (nSPS) is 22.1. The molecule has 1 aliphatic carbocycles. The van der Waals surface area contributed by atoms with E-state index in [0.29, 0.717) is 18.7 Å². The van der Waals surface area contributed by atoms with Crippen LogP contribution < -0.4 is 4.90 Å². The van der Waals surface area contributed by atoms with Crippen molar-refractivity contribution in [2.24, 2.45) is 0 Å². The minimum atomic E-state index is -0.176. The molecule has 1 spiro atoms. The second-order valence-corrected chi connectivity index (χ2v) is 7.51. The average molecular weight is 356 g/mol. The summed E-state index contributed by atoms with van der Waals surface area (Å²) in [5, 5.41) is 0. The third-order valence-corrected chi connectivity index (χ3v) is 5.47. The molecule has 0 N–H and O–H groups in total. The van der Waals surface area contributed by atoms with Gasteiger partial charge in [-0.25, -0.2) is 0 Å². The van der Waals surface area contributed by atoms with Crippen LogP contribution in [-0.4, -0.2) is 48.6 Å². The lowest BCUT2D eigenvalue weighted by molar-refractivity contribution is -0.154. The molecule has 1 atom stereocenters. The van der Waals surface area contributed by atoms with E-state index in [9.17, 15) is 9.59 Å². The van der Waals surface area contributed by atoms with Crippen molar-refractivity contribution in [1.29, 1.82) is 0 Å². The third-order valence-electron chi connectivity index (χ3n) is 5.47. The van der Waals surface area contributed by atoms with Crippen LogP contribution in [0.1, 0.15) is 49.4 Å². The van der Waals surface area contributed by atoms with Gasteiger partial charge in [-0.2, -0.15) is 0 Å². The molecule has 1 heterocycles. The Morgan fingerprint density at radius 1 is 1.23 bits per heavy atom. The number of carbonyl (C=O) groups is 2.